The maximum absolute atomic E-state index is 3.44. The standard InChI is InChI=1S/C16H26N2/c1-4-13-8-6-9-14(5-2)16(13)18-11-7-10-15(12-18)17-3/h6,8-9,15,17H,4-5,7,10-12H2,1-3H3. The molecule has 1 aliphatic heterocycles. The van der Waals surface area contributed by atoms with E-state index in [1.165, 1.54) is 36.2 Å². The molecule has 2 nitrogen and oxygen atoms in total. The summed E-state index contributed by atoms with van der Waals surface area (Å²) in [4.78, 5) is 2.60. The van der Waals surface area contributed by atoms with Crippen molar-refractivity contribution in [3.8, 4) is 0 Å². The number of nitrogens with one attached hydrogen (secondary N) is 1. The molecule has 2 rings (SSSR count). The van der Waals surface area contributed by atoms with Gasteiger partial charge in [0.25, 0.3) is 0 Å². The summed E-state index contributed by atoms with van der Waals surface area (Å²) in [5, 5.41) is 3.44. The highest BCUT2D eigenvalue weighted by Gasteiger charge is 2.21. The van der Waals surface area contributed by atoms with Crippen LogP contribution in [0.5, 0.6) is 0 Å². The third-order valence-electron chi connectivity index (χ3n) is 4.11. The average Bonchev–Trinajstić information content (AvgIpc) is 2.46. The normalized spacial score (nSPS) is 20.2. The van der Waals surface area contributed by atoms with Crippen molar-refractivity contribution in [3.63, 3.8) is 0 Å². The zero-order valence-electron chi connectivity index (χ0n) is 12.0. The molecule has 1 unspecified atom stereocenters. The van der Waals surface area contributed by atoms with Gasteiger partial charge < -0.3 is 10.2 Å². The monoisotopic (exact) mass is 246 g/mol. The van der Waals surface area contributed by atoms with Crippen LogP contribution in [0, 0.1) is 0 Å². The number of nitrogens with zero attached hydrogens (tertiary/aromatic N) is 1. The third-order valence-corrected chi connectivity index (χ3v) is 4.11. The van der Waals surface area contributed by atoms with Crippen LogP contribution >= 0.6 is 0 Å². The molecule has 1 heterocycles. The topological polar surface area (TPSA) is 15.3 Å². The highest BCUT2D eigenvalue weighted by molar-refractivity contribution is 5.60. The third kappa shape index (κ3) is 2.69. The first-order chi connectivity index (χ1) is 8.80. The van der Waals surface area contributed by atoms with Gasteiger partial charge in [0.15, 0.2) is 0 Å². The maximum Gasteiger partial charge on any atom is 0.0431 e. The van der Waals surface area contributed by atoms with Crippen molar-refractivity contribution in [3.05, 3.63) is 29.3 Å². The zero-order valence-corrected chi connectivity index (χ0v) is 12.0. The Bertz CT molecular complexity index is 364. The molecule has 0 bridgehead atoms. The number of benzene rings is 1. The quantitative estimate of drug-likeness (QED) is 0.878. The summed E-state index contributed by atoms with van der Waals surface area (Å²) < 4.78 is 0. The lowest BCUT2D eigenvalue weighted by atomic mass is 9.98. The van der Waals surface area contributed by atoms with Gasteiger partial charge in [-0.05, 0) is 43.9 Å². The van der Waals surface area contributed by atoms with Crippen LogP contribution < -0.4 is 10.2 Å². The fraction of sp³-hybridized carbons (Fsp3) is 0.625. The summed E-state index contributed by atoms with van der Waals surface area (Å²) in [5.41, 5.74) is 4.53. The van der Waals surface area contributed by atoms with Gasteiger partial charge in [-0.1, -0.05) is 32.0 Å². The van der Waals surface area contributed by atoms with Gasteiger partial charge in [0, 0.05) is 24.8 Å². The molecule has 2 heteroatoms. The Kier molecular flexibility index (Phi) is 4.65. The van der Waals surface area contributed by atoms with Gasteiger partial charge in [0.2, 0.25) is 0 Å². The second-order valence-corrected chi connectivity index (χ2v) is 5.21. The van der Waals surface area contributed by atoms with Crippen LogP contribution in [0.4, 0.5) is 5.69 Å². The fourth-order valence-corrected chi connectivity index (χ4v) is 3.04. The smallest absolute Gasteiger partial charge is 0.0431 e. The lowest BCUT2D eigenvalue weighted by Crippen LogP contribution is -2.45. The van der Waals surface area contributed by atoms with Crippen LogP contribution in [0.25, 0.3) is 0 Å². The molecule has 100 valence electrons. The van der Waals surface area contributed by atoms with Crippen molar-refractivity contribution in [2.24, 2.45) is 0 Å². The molecule has 0 spiro atoms. The van der Waals surface area contributed by atoms with Crippen LogP contribution in [0.1, 0.15) is 37.8 Å². The Morgan fingerprint density at radius 2 is 1.89 bits per heavy atom. The van der Waals surface area contributed by atoms with Crippen molar-refractivity contribution in [2.45, 2.75) is 45.6 Å². The van der Waals surface area contributed by atoms with Crippen LogP contribution in [-0.2, 0) is 12.8 Å². The molecule has 1 atom stereocenters. The van der Waals surface area contributed by atoms with E-state index >= 15 is 0 Å². The Morgan fingerprint density at radius 1 is 1.22 bits per heavy atom. The maximum atomic E-state index is 3.44. The van der Waals surface area contributed by atoms with E-state index in [-0.39, 0.29) is 0 Å². The predicted octanol–water partition coefficient (Wildman–Crippen LogP) is 3.00. The second kappa shape index (κ2) is 6.24. The SMILES string of the molecule is CCc1cccc(CC)c1N1CCCC(NC)C1. The minimum atomic E-state index is 0.647. The van der Waals surface area contributed by atoms with E-state index < -0.39 is 0 Å². The molecule has 1 saturated heterocycles. The van der Waals surface area contributed by atoms with Gasteiger partial charge in [-0.15, -0.1) is 0 Å². The molecule has 0 aliphatic carbocycles. The summed E-state index contributed by atoms with van der Waals surface area (Å²) >= 11 is 0. The molecule has 1 aromatic rings. The highest BCUT2D eigenvalue weighted by Crippen LogP contribution is 2.29. The number of anilines is 1. The number of para-hydroxylation sites is 1. The van der Waals surface area contributed by atoms with E-state index in [9.17, 15) is 0 Å². The Balaban J connectivity index is 2.30. The molecule has 0 amide bonds. The van der Waals surface area contributed by atoms with Gasteiger partial charge in [0.1, 0.15) is 0 Å². The number of hydrogen-bond acceptors (Lipinski definition) is 2. The molecular weight excluding hydrogens is 220 g/mol. The number of rotatable bonds is 4. The van der Waals surface area contributed by atoms with Gasteiger partial charge in [-0.3, -0.25) is 0 Å². The Morgan fingerprint density at radius 3 is 2.44 bits per heavy atom. The number of likely N-dealkylation sites (N-methyl/N-ethyl adjacent to an activating group) is 1. The summed E-state index contributed by atoms with van der Waals surface area (Å²) in [5.74, 6) is 0. The minimum Gasteiger partial charge on any atom is -0.370 e. The van der Waals surface area contributed by atoms with E-state index in [4.69, 9.17) is 0 Å². The highest BCUT2D eigenvalue weighted by atomic mass is 15.2. The first-order valence-corrected chi connectivity index (χ1v) is 7.33. The molecule has 0 aromatic heterocycles. The van der Waals surface area contributed by atoms with E-state index in [1.807, 2.05) is 0 Å². The van der Waals surface area contributed by atoms with Crippen LogP contribution in [0.3, 0.4) is 0 Å². The van der Waals surface area contributed by atoms with Gasteiger partial charge in [0.05, 0.1) is 0 Å². The molecule has 1 N–H and O–H groups in total. The van der Waals surface area contributed by atoms with Crippen molar-refractivity contribution < 1.29 is 0 Å². The summed E-state index contributed by atoms with van der Waals surface area (Å²) in [6, 6.07) is 7.43. The van der Waals surface area contributed by atoms with E-state index in [0.29, 0.717) is 6.04 Å². The fourth-order valence-electron chi connectivity index (χ4n) is 3.04. The number of hydrogen-bond donors (Lipinski definition) is 1. The van der Waals surface area contributed by atoms with Crippen molar-refractivity contribution >= 4 is 5.69 Å². The molecule has 0 saturated carbocycles. The zero-order chi connectivity index (χ0) is 13.0. The molecule has 18 heavy (non-hydrogen) atoms. The van der Waals surface area contributed by atoms with Crippen molar-refractivity contribution in [1.82, 2.24) is 5.32 Å². The molecule has 1 fully saturated rings. The van der Waals surface area contributed by atoms with Crippen molar-refractivity contribution in [1.29, 1.82) is 0 Å². The lowest BCUT2D eigenvalue weighted by molar-refractivity contribution is 0.448. The van der Waals surface area contributed by atoms with Gasteiger partial charge >= 0.3 is 0 Å². The summed E-state index contributed by atoms with van der Waals surface area (Å²) in [7, 11) is 2.08. The van der Waals surface area contributed by atoms with Crippen molar-refractivity contribution in [2.75, 3.05) is 25.0 Å². The van der Waals surface area contributed by atoms with Crippen LogP contribution in [0.15, 0.2) is 18.2 Å². The summed E-state index contributed by atoms with van der Waals surface area (Å²) in [6.07, 6.45) is 4.86. The Labute approximate surface area is 111 Å². The number of piperidine rings is 1. The second-order valence-electron chi connectivity index (χ2n) is 5.21. The first kappa shape index (κ1) is 13.4. The average molecular weight is 246 g/mol. The molecule has 1 aliphatic rings. The van der Waals surface area contributed by atoms with E-state index in [0.717, 1.165) is 19.4 Å². The minimum absolute atomic E-state index is 0.647. The van der Waals surface area contributed by atoms with E-state index in [2.05, 4.69) is 49.3 Å². The molecular formula is C16H26N2. The largest absolute Gasteiger partial charge is 0.370 e. The summed E-state index contributed by atoms with van der Waals surface area (Å²) in [6.45, 7) is 6.89. The Hall–Kier alpha value is -1.02. The number of aryl methyl sites for hydroxylation is 2. The first-order valence-electron chi connectivity index (χ1n) is 7.33. The van der Waals surface area contributed by atoms with Gasteiger partial charge in [-0.2, -0.15) is 0 Å². The van der Waals surface area contributed by atoms with Crippen LogP contribution in [0.2, 0.25) is 0 Å². The predicted molar refractivity (Wildman–Crippen MR) is 79.5 cm³/mol. The molecule has 1 aromatic carbocycles. The molecule has 0 radical (unpaired) electrons. The van der Waals surface area contributed by atoms with E-state index in [1.54, 1.807) is 0 Å². The van der Waals surface area contributed by atoms with Crippen LogP contribution in [-0.4, -0.2) is 26.2 Å². The lowest BCUT2D eigenvalue weighted by Gasteiger charge is -2.36. The van der Waals surface area contributed by atoms with Gasteiger partial charge in [-0.25, -0.2) is 0 Å².